The molecule has 1 aromatic rings. The fourth-order valence-corrected chi connectivity index (χ4v) is 1.99. The Morgan fingerprint density at radius 2 is 1.67 bits per heavy atom. The minimum Gasteiger partial charge on any atom is -0.383 e. The van der Waals surface area contributed by atoms with Gasteiger partial charge in [0, 0.05) is 13.7 Å². The molecule has 0 amide bonds. The minimum absolute atomic E-state index is 0.813. The monoisotopic (exact) mass is 249 g/mol. The van der Waals surface area contributed by atoms with Crippen molar-refractivity contribution in [1.82, 2.24) is 5.32 Å². The third kappa shape index (κ3) is 7.46. The predicted octanol–water partition coefficient (Wildman–Crippen LogP) is 3.33. The zero-order valence-electron chi connectivity index (χ0n) is 11.9. The lowest BCUT2D eigenvalue weighted by atomic mass is 10.0. The molecule has 0 saturated carbocycles. The molecule has 0 spiro atoms. The van der Waals surface area contributed by atoms with E-state index in [0.29, 0.717) is 0 Å². The fraction of sp³-hybridized carbons (Fsp3) is 0.625. The number of nitrogens with one attached hydrogen (secondary N) is 1. The van der Waals surface area contributed by atoms with Gasteiger partial charge >= 0.3 is 0 Å². The fourth-order valence-electron chi connectivity index (χ4n) is 1.99. The molecule has 2 heteroatoms. The van der Waals surface area contributed by atoms with E-state index in [4.69, 9.17) is 4.74 Å². The normalized spacial score (nSPS) is 10.8. The number of unbranched alkanes of at least 4 members (excludes halogenated alkanes) is 3. The van der Waals surface area contributed by atoms with Crippen LogP contribution in [-0.2, 0) is 11.2 Å². The highest BCUT2D eigenvalue weighted by atomic mass is 16.5. The summed E-state index contributed by atoms with van der Waals surface area (Å²) in [6.45, 7) is 5.04. The first kappa shape index (κ1) is 15.2. The van der Waals surface area contributed by atoms with Gasteiger partial charge in [-0.05, 0) is 38.3 Å². The molecular formula is C16H27NO. The Morgan fingerprint density at radius 3 is 2.39 bits per heavy atom. The van der Waals surface area contributed by atoms with Crippen molar-refractivity contribution in [2.24, 2.45) is 0 Å². The van der Waals surface area contributed by atoms with Crippen LogP contribution >= 0.6 is 0 Å². The molecule has 0 aliphatic heterocycles. The molecule has 0 heterocycles. The van der Waals surface area contributed by atoms with E-state index < -0.39 is 0 Å². The van der Waals surface area contributed by atoms with Crippen molar-refractivity contribution in [3.8, 4) is 0 Å². The summed E-state index contributed by atoms with van der Waals surface area (Å²) in [4.78, 5) is 0. The molecule has 1 N–H and O–H groups in total. The van der Waals surface area contributed by atoms with Crippen LogP contribution in [0.15, 0.2) is 24.3 Å². The molecule has 0 aliphatic rings. The minimum atomic E-state index is 0.813. The van der Waals surface area contributed by atoms with E-state index in [1.54, 1.807) is 7.11 Å². The smallest absolute Gasteiger partial charge is 0.0587 e. The average molecular weight is 249 g/mol. The lowest BCUT2D eigenvalue weighted by Crippen LogP contribution is -2.20. The Kier molecular flexibility index (Phi) is 8.53. The van der Waals surface area contributed by atoms with Crippen LogP contribution in [0, 0.1) is 6.92 Å². The number of rotatable bonds is 10. The Hall–Kier alpha value is -0.860. The molecule has 0 aliphatic carbocycles. The van der Waals surface area contributed by atoms with Gasteiger partial charge in [-0.2, -0.15) is 0 Å². The topological polar surface area (TPSA) is 21.3 Å². The van der Waals surface area contributed by atoms with E-state index in [1.165, 1.54) is 43.2 Å². The molecule has 18 heavy (non-hydrogen) atoms. The highest BCUT2D eigenvalue weighted by Crippen LogP contribution is 2.09. The van der Waals surface area contributed by atoms with E-state index >= 15 is 0 Å². The van der Waals surface area contributed by atoms with Crippen LogP contribution in [0.4, 0.5) is 0 Å². The van der Waals surface area contributed by atoms with Gasteiger partial charge in [0.1, 0.15) is 0 Å². The largest absolute Gasteiger partial charge is 0.383 e. The van der Waals surface area contributed by atoms with Gasteiger partial charge in [-0.15, -0.1) is 0 Å². The molecule has 0 saturated heterocycles. The van der Waals surface area contributed by atoms with E-state index in [9.17, 15) is 0 Å². The number of benzene rings is 1. The van der Waals surface area contributed by atoms with Gasteiger partial charge in [-0.3, -0.25) is 0 Å². The molecule has 0 fully saturated rings. The van der Waals surface area contributed by atoms with Gasteiger partial charge in [-0.25, -0.2) is 0 Å². The third-order valence-electron chi connectivity index (χ3n) is 3.17. The summed E-state index contributed by atoms with van der Waals surface area (Å²) in [7, 11) is 1.74. The van der Waals surface area contributed by atoms with Crippen LogP contribution in [0.5, 0.6) is 0 Å². The molecule has 0 bridgehead atoms. The first-order chi connectivity index (χ1) is 8.83. The second-order valence-corrected chi connectivity index (χ2v) is 4.89. The molecule has 1 aromatic carbocycles. The van der Waals surface area contributed by atoms with Crippen molar-refractivity contribution in [2.45, 2.75) is 39.0 Å². The van der Waals surface area contributed by atoms with E-state index in [1.807, 2.05) is 0 Å². The van der Waals surface area contributed by atoms with Crippen LogP contribution in [-0.4, -0.2) is 26.8 Å². The molecule has 0 unspecified atom stereocenters. The Morgan fingerprint density at radius 1 is 0.944 bits per heavy atom. The molecule has 0 radical (unpaired) electrons. The summed E-state index contributed by atoms with van der Waals surface area (Å²) in [5.41, 5.74) is 2.82. The van der Waals surface area contributed by atoms with Gasteiger partial charge in [0.25, 0.3) is 0 Å². The number of methoxy groups -OCH3 is 1. The molecule has 2 nitrogen and oxygen atoms in total. The molecule has 1 rings (SSSR count). The maximum absolute atomic E-state index is 4.98. The van der Waals surface area contributed by atoms with Gasteiger partial charge in [0.05, 0.1) is 6.61 Å². The summed E-state index contributed by atoms with van der Waals surface area (Å²) < 4.78 is 4.98. The molecule has 0 atom stereocenters. The second kappa shape index (κ2) is 10.1. The van der Waals surface area contributed by atoms with Crippen LogP contribution in [0.2, 0.25) is 0 Å². The highest BCUT2D eigenvalue weighted by Gasteiger charge is 1.94. The summed E-state index contributed by atoms with van der Waals surface area (Å²) >= 11 is 0. The van der Waals surface area contributed by atoms with Gasteiger partial charge < -0.3 is 10.1 Å². The Bertz CT molecular complexity index is 294. The van der Waals surface area contributed by atoms with Crippen molar-refractivity contribution in [1.29, 1.82) is 0 Å². The van der Waals surface area contributed by atoms with Gasteiger partial charge in [0.2, 0.25) is 0 Å². The SMILES string of the molecule is COCCNCCCCCCc1ccc(C)cc1. The standard InChI is InChI=1S/C16H27NO/c1-15-8-10-16(11-9-15)7-5-3-4-6-12-17-13-14-18-2/h8-11,17H,3-7,12-14H2,1-2H3. The average Bonchev–Trinajstić information content (AvgIpc) is 2.39. The summed E-state index contributed by atoms with van der Waals surface area (Å²) in [5, 5.41) is 3.38. The van der Waals surface area contributed by atoms with E-state index in [0.717, 1.165) is 19.7 Å². The van der Waals surface area contributed by atoms with Gasteiger partial charge in [0.15, 0.2) is 0 Å². The summed E-state index contributed by atoms with van der Waals surface area (Å²) in [6, 6.07) is 8.91. The first-order valence-corrected chi connectivity index (χ1v) is 7.08. The Labute approximate surface area is 112 Å². The zero-order chi connectivity index (χ0) is 13.1. The number of hydrogen-bond donors (Lipinski definition) is 1. The maximum Gasteiger partial charge on any atom is 0.0587 e. The summed E-state index contributed by atoms with van der Waals surface area (Å²) in [6.07, 6.45) is 6.46. The van der Waals surface area contributed by atoms with Crippen molar-refractivity contribution in [2.75, 3.05) is 26.8 Å². The van der Waals surface area contributed by atoms with E-state index in [-0.39, 0.29) is 0 Å². The van der Waals surface area contributed by atoms with Gasteiger partial charge in [-0.1, -0.05) is 42.7 Å². The van der Waals surface area contributed by atoms with Crippen LogP contribution in [0.1, 0.15) is 36.8 Å². The number of aryl methyl sites for hydroxylation is 2. The van der Waals surface area contributed by atoms with E-state index in [2.05, 4.69) is 36.5 Å². The number of ether oxygens (including phenoxy) is 1. The van der Waals surface area contributed by atoms with Crippen LogP contribution in [0.25, 0.3) is 0 Å². The second-order valence-electron chi connectivity index (χ2n) is 4.89. The Balaban J connectivity index is 1.91. The quantitative estimate of drug-likeness (QED) is 0.642. The highest BCUT2D eigenvalue weighted by molar-refractivity contribution is 5.21. The van der Waals surface area contributed by atoms with Crippen LogP contribution < -0.4 is 5.32 Å². The van der Waals surface area contributed by atoms with Crippen molar-refractivity contribution < 1.29 is 4.74 Å². The third-order valence-corrected chi connectivity index (χ3v) is 3.17. The lowest BCUT2D eigenvalue weighted by Gasteiger charge is -2.04. The molecular weight excluding hydrogens is 222 g/mol. The maximum atomic E-state index is 4.98. The predicted molar refractivity (Wildman–Crippen MR) is 78.1 cm³/mol. The van der Waals surface area contributed by atoms with Crippen molar-refractivity contribution in [3.63, 3.8) is 0 Å². The molecule has 102 valence electrons. The molecule has 0 aromatic heterocycles. The van der Waals surface area contributed by atoms with Crippen molar-refractivity contribution in [3.05, 3.63) is 35.4 Å². The lowest BCUT2D eigenvalue weighted by molar-refractivity contribution is 0.199. The van der Waals surface area contributed by atoms with Crippen LogP contribution in [0.3, 0.4) is 0 Å². The zero-order valence-corrected chi connectivity index (χ0v) is 11.9. The summed E-state index contributed by atoms with van der Waals surface area (Å²) in [5.74, 6) is 0. The first-order valence-electron chi connectivity index (χ1n) is 7.08. The van der Waals surface area contributed by atoms with Crippen molar-refractivity contribution >= 4 is 0 Å². The number of hydrogen-bond acceptors (Lipinski definition) is 2.